The predicted molar refractivity (Wildman–Crippen MR) is 126 cm³/mol. The topological polar surface area (TPSA) is 114 Å². The molecule has 2 amide bonds. The van der Waals surface area contributed by atoms with Crippen LogP contribution < -0.4 is 14.8 Å². The largest absolute Gasteiger partial charge is 0.490 e. The molecule has 2 aromatic rings. The summed E-state index contributed by atoms with van der Waals surface area (Å²) in [7, 11) is -0.525. The van der Waals surface area contributed by atoms with E-state index in [1.165, 1.54) is 12.1 Å². The second kappa shape index (κ2) is 9.63. The fourth-order valence-electron chi connectivity index (χ4n) is 4.47. The van der Waals surface area contributed by atoms with Gasteiger partial charge >= 0.3 is 0 Å². The summed E-state index contributed by atoms with van der Waals surface area (Å²) in [5, 5.41) is 2.61. The number of aryl methyl sites for hydroxylation is 1. The van der Waals surface area contributed by atoms with Gasteiger partial charge in [-0.05, 0) is 49.6 Å². The number of fused-ring (bicyclic) bond motifs is 2. The molecule has 0 aromatic heterocycles. The van der Waals surface area contributed by atoms with Crippen LogP contribution in [0, 0.1) is 6.92 Å². The molecule has 3 atom stereocenters. The van der Waals surface area contributed by atoms with Crippen LogP contribution in [0.4, 0.5) is 5.69 Å². The van der Waals surface area contributed by atoms with Gasteiger partial charge in [0.2, 0.25) is 5.91 Å². The zero-order chi connectivity index (χ0) is 24.5. The Hall–Kier alpha value is -3.11. The average Bonchev–Trinajstić information content (AvgIpc) is 2.81. The van der Waals surface area contributed by atoms with E-state index in [0.717, 1.165) is 0 Å². The number of rotatable bonds is 5. The number of nitrogens with one attached hydrogen (secondary N) is 2. The molecule has 2 heterocycles. The summed E-state index contributed by atoms with van der Waals surface area (Å²) in [4.78, 5) is 26.9. The number of carbonyl (C=O) groups is 2. The van der Waals surface area contributed by atoms with Crippen molar-refractivity contribution in [2.75, 3.05) is 25.4 Å². The van der Waals surface area contributed by atoms with E-state index in [4.69, 9.17) is 9.47 Å². The van der Waals surface area contributed by atoms with Crippen LogP contribution in [0.25, 0.3) is 0 Å². The molecule has 0 radical (unpaired) electrons. The van der Waals surface area contributed by atoms with Crippen molar-refractivity contribution in [1.82, 2.24) is 10.2 Å². The molecule has 2 aliphatic heterocycles. The Bertz CT molecular complexity index is 1200. The SMILES string of the molecule is CNC(=O)C[C@@H]1CC[C@@H]2[C@@H](COc3ccc(NS(=O)(=O)c4ccccc4C)cc3C(=O)N2C)O1. The fourth-order valence-corrected chi connectivity index (χ4v) is 5.76. The summed E-state index contributed by atoms with van der Waals surface area (Å²) in [6.07, 6.45) is 0.982. The molecule has 0 unspecified atom stereocenters. The van der Waals surface area contributed by atoms with Gasteiger partial charge in [-0.25, -0.2) is 8.42 Å². The van der Waals surface area contributed by atoms with Crippen molar-refractivity contribution in [2.24, 2.45) is 0 Å². The molecule has 182 valence electrons. The minimum absolute atomic E-state index is 0.0920. The van der Waals surface area contributed by atoms with Crippen LogP contribution in [0.15, 0.2) is 47.4 Å². The van der Waals surface area contributed by atoms with Crippen molar-refractivity contribution in [1.29, 1.82) is 0 Å². The van der Waals surface area contributed by atoms with Gasteiger partial charge in [0, 0.05) is 19.8 Å². The number of ether oxygens (including phenoxy) is 2. The van der Waals surface area contributed by atoms with Gasteiger partial charge in [0.05, 0.1) is 29.0 Å². The Labute approximate surface area is 199 Å². The maximum absolute atomic E-state index is 13.3. The van der Waals surface area contributed by atoms with Gasteiger partial charge in [0.25, 0.3) is 15.9 Å². The first-order chi connectivity index (χ1) is 16.2. The molecule has 9 nitrogen and oxygen atoms in total. The molecule has 1 fully saturated rings. The highest BCUT2D eigenvalue weighted by atomic mass is 32.2. The molecule has 2 N–H and O–H groups in total. The van der Waals surface area contributed by atoms with E-state index in [-0.39, 0.29) is 59.2 Å². The second-order valence-electron chi connectivity index (χ2n) is 8.63. The van der Waals surface area contributed by atoms with Gasteiger partial charge in [0.1, 0.15) is 18.5 Å². The molecule has 0 bridgehead atoms. The molecule has 0 aliphatic carbocycles. The number of benzene rings is 2. The number of hydrogen-bond donors (Lipinski definition) is 2. The number of anilines is 1. The predicted octanol–water partition coefficient (Wildman–Crippen LogP) is 2.31. The van der Waals surface area contributed by atoms with Gasteiger partial charge in [0.15, 0.2) is 0 Å². The van der Waals surface area contributed by atoms with E-state index in [0.29, 0.717) is 24.2 Å². The van der Waals surface area contributed by atoms with Gasteiger partial charge in [-0.15, -0.1) is 0 Å². The normalized spacial score (nSPS) is 22.5. The molecule has 10 heteroatoms. The zero-order valence-electron chi connectivity index (χ0n) is 19.4. The molecular formula is C24H29N3O6S. The van der Waals surface area contributed by atoms with Crippen LogP contribution >= 0.6 is 0 Å². The van der Waals surface area contributed by atoms with Crippen LogP contribution in [-0.4, -0.2) is 64.1 Å². The van der Waals surface area contributed by atoms with Gasteiger partial charge in [-0.2, -0.15) is 0 Å². The van der Waals surface area contributed by atoms with E-state index in [9.17, 15) is 18.0 Å². The number of sulfonamides is 1. The summed E-state index contributed by atoms with van der Waals surface area (Å²) >= 11 is 0. The number of carbonyl (C=O) groups excluding carboxylic acids is 2. The average molecular weight is 488 g/mol. The first-order valence-corrected chi connectivity index (χ1v) is 12.7. The standard InChI is InChI=1S/C24H29N3O6S/c1-15-6-4-5-7-22(15)34(30,31)26-16-8-11-20-18(12-16)24(29)27(3)19-10-9-17(13-23(28)25-2)33-21(19)14-32-20/h4-8,11-12,17,19,21,26H,9-10,13-14H2,1-3H3,(H,25,28)/t17-,19+,21+/m0/s1. The molecule has 4 rings (SSSR count). The lowest BCUT2D eigenvalue weighted by Gasteiger charge is -2.42. The van der Waals surface area contributed by atoms with Gasteiger partial charge in [-0.1, -0.05) is 18.2 Å². The third kappa shape index (κ3) is 4.88. The molecule has 2 aliphatic rings. The van der Waals surface area contributed by atoms with Gasteiger partial charge < -0.3 is 19.7 Å². The van der Waals surface area contributed by atoms with Crippen molar-refractivity contribution >= 4 is 27.5 Å². The fraction of sp³-hybridized carbons (Fsp3) is 0.417. The quantitative estimate of drug-likeness (QED) is 0.669. The highest BCUT2D eigenvalue weighted by molar-refractivity contribution is 7.92. The Balaban J connectivity index is 1.56. The number of amides is 2. The lowest BCUT2D eigenvalue weighted by Crippen LogP contribution is -2.53. The Morgan fingerprint density at radius 3 is 2.68 bits per heavy atom. The third-order valence-corrected chi connectivity index (χ3v) is 7.88. The van der Waals surface area contributed by atoms with E-state index >= 15 is 0 Å². The highest BCUT2D eigenvalue weighted by Gasteiger charge is 2.39. The zero-order valence-corrected chi connectivity index (χ0v) is 20.2. The third-order valence-electron chi connectivity index (χ3n) is 6.34. The van der Waals surface area contributed by atoms with Crippen molar-refractivity contribution in [3.05, 3.63) is 53.6 Å². The van der Waals surface area contributed by atoms with Crippen LogP contribution in [-0.2, 0) is 19.6 Å². The van der Waals surface area contributed by atoms with E-state index in [1.54, 1.807) is 56.3 Å². The Kier molecular flexibility index (Phi) is 6.81. The summed E-state index contributed by atoms with van der Waals surface area (Å²) in [5.41, 5.74) is 1.17. The minimum Gasteiger partial charge on any atom is -0.490 e. The summed E-state index contributed by atoms with van der Waals surface area (Å²) in [6, 6.07) is 11.1. The van der Waals surface area contributed by atoms with Crippen molar-refractivity contribution < 1.29 is 27.5 Å². The van der Waals surface area contributed by atoms with Crippen LogP contribution in [0.3, 0.4) is 0 Å². The van der Waals surface area contributed by atoms with Crippen LogP contribution in [0.1, 0.15) is 35.2 Å². The van der Waals surface area contributed by atoms with Crippen molar-refractivity contribution in [3.8, 4) is 5.75 Å². The van der Waals surface area contributed by atoms with Gasteiger partial charge in [-0.3, -0.25) is 14.3 Å². The van der Waals surface area contributed by atoms with E-state index in [1.807, 2.05) is 0 Å². The van der Waals surface area contributed by atoms with Crippen LogP contribution in [0.2, 0.25) is 0 Å². The molecule has 0 spiro atoms. The van der Waals surface area contributed by atoms with Crippen molar-refractivity contribution in [2.45, 2.75) is 49.3 Å². The van der Waals surface area contributed by atoms with E-state index < -0.39 is 10.0 Å². The summed E-state index contributed by atoms with van der Waals surface area (Å²) < 4.78 is 40.4. The lowest BCUT2D eigenvalue weighted by atomic mass is 9.94. The maximum atomic E-state index is 13.3. The number of hydrogen-bond acceptors (Lipinski definition) is 6. The highest BCUT2D eigenvalue weighted by Crippen LogP contribution is 2.33. The van der Waals surface area contributed by atoms with Crippen LogP contribution in [0.5, 0.6) is 5.75 Å². The molecule has 2 aromatic carbocycles. The smallest absolute Gasteiger partial charge is 0.262 e. The molecule has 0 saturated carbocycles. The number of nitrogens with zero attached hydrogens (tertiary/aromatic N) is 1. The molecule has 34 heavy (non-hydrogen) atoms. The summed E-state index contributed by atoms with van der Waals surface area (Å²) in [6.45, 7) is 1.94. The minimum atomic E-state index is -3.82. The Morgan fingerprint density at radius 2 is 1.94 bits per heavy atom. The molecular weight excluding hydrogens is 458 g/mol. The second-order valence-corrected chi connectivity index (χ2v) is 10.3. The first-order valence-electron chi connectivity index (χ1n) is 11.2. The summed E-state index contributed by atoms with van der Waals surface area (Å²) in [5.74, 6) is -0.0215. The van der Waals surface area contributed by atoms with E-state index in [2.05, 4.69) is 10.0 Å². The lowest BCUT2D eigenvalue weighted by molar-refractivity contribution is -0.133. The molecule has 1 saturated heterocycles. The maximum Gasteiger partial charge on any atom is 0.262 e. The number of likely N-dealkylation sites (N-methyl/N-ethyl adjacent to an activating group) is 1. The van der Waals surface area contributed by atoms with Crippen molar-refractivity contribution in [3.63, 3.8) is 0 Å². The Morgan fingerprint density at radius 1 is 1.18 bits per heavy atom. The monoisotopic (exact) mass is 487 g/mol. The first kappa shape index (κ1) is 24.0.